The average Bonchev–Trinajstić information content (AvgIpc) is 2.83. The van der Waals surface area contributed by atoms with E-state index in [2.05, 4.69) is 10.3 Å². The van der Waals surface area contributed by atoms with Gasteiger partial charge in [0.05, 0.1) is 0 Å². The summed E-state index contributed by atoms with van der Waals surface area (Å²) in [5.74, 6) is -0.493. The molecule has 0 spiro atoms. The van der Waals surface area contributed by atoms with Crippen LogP contribution in [0.25, 0.3) is 4.96 Å². The molecule has 106 valence electrons. The van der Waals surface area contributed by atoms with Crippen LogP contribution in [0.2, 0.25) is 5.02 Å². The van der Waals surface area contributed by atoms with Gasteiger partial charge in [-0.15, -0.1) is 11.3 Å². The van der Waals surface area contributed by atoms with Crippen molar-refractivity contribution in [3.05, 3.63) is 62.5 Å². The third-order valence-electron chi connectivity index (χ3n) is 2.87. The monoisotopic (exact) mass is 319 g/mol. The van der Waals surface area contributed by atoms with Gasteiger partial charge in [-0.05, 0) is 31.2 Å². The van der Waals surface area contributed by atoms with E-state index in [9.17, 15) is 9.59 Å². The fourth-order valence-electron chi connectivity index (χ4n) is 1.88. The molecule has 1 aromatic carbocycles. The number of thiazole rings is 1. The van der Waals surface area contributed by atoms with Crippen LogP contribution < -0.4 is 10.9 Å². The van der Waals surface area contributed by atoms with Gasteiger partial charge < -0.3 is 5.32 Å². The molecule has 0 aliphatic carbocycles. The summed E-state index contributed by atoms with van der Waals surface area (Å²) in [5.41, 5.74) is 0.187. The third kappa shape index (κ3) is 2.68. The number of hydrogen-bond acceptors (Lipinski definition) is 4. The average molecular weight is 320 g/mol. The summed E-state index contributed by atoms with van der Waals surface area (Å²) in [6.45, 7) is 1.88. The number of fused-ring (bicyclic) bond motifs is 1. The summed E-state index contributed by atoms with van der Waals surface area (Å²) < 4.78 is 1.39. The number of anilines is 1. The predicted molar refractivity (Wildman–Crippen MR) is 83.5 cm³/mol. The highest BCUT2D eigenvalue weighted by Gasteiger charge is 2.14. The van der Waals surface area contributed by atoms with Crippen LogP contribution in [0, 0.1) is 6.92 Å². The van der Waals surface area contributed by atoms with Gasteiger partial charge in [0.2, 0.25) is 0 Å². The van der Waals surface area contributed by atoms with E-state index in [1.165, 1.54) is 21.9 Å². The summed E-state index contributed by atoms with van der Waals surface area (Å²) in [6, 6.07) is 6.65. The zero-order valence-electron chi connectivity index (χ0n) is 11.0. The van der Waals surface area contributed by atoms with Crippen molar-refractivity contribution in [3.8, 4) is 0 Å². The van der Waals surface area contributed by atoms with Gasteiger partial charge in [-0.1, -0.05) is 11.6 Å². The Morgan fingerprint density at radius 1 is 1.33 bits per heavy atom. The number of aromatic nitrogens is 2. The number of aryl methyl sites for hydroxylation is 1. The molecule has 0 bridgehead atoms. The first-order chi connectivity index (χ1) is 10.0. The van der Waals surface area contributed by atoms with Crippen LogP contribution >= 0.6 is 22.9 Å². The minimum Gasteiger partial charge on any atom is -0.322 e. The molecule has 1 N–H and O–H groups in total. The maximum absolute atomic E-state index is 12.3. The SMILES string of the molecule is Cc1cn2c(=O)c(C(=O)Nc3ccc(Cl)cc3)cnc2s1. The number of amides is 1. The second-order valence-corrected chi connectivity index (χ2v) is 6.08. The maximum Gasteiger partial charge on any atom is 0.271 e. The lowest BCUT2D eigenvalue weighted by molar-refractivity contribution is 0.102. The first-order valence-electron chi connectivity index (χ1n) is 6.09. The Morgan fingerprint density at radius 2 is 2.05 bits per heavy atom. The number of nitrogens with one attached hydrogen (secondary N) is 1. The van der Waals surface area contributed by atoms with E-state index < -0.39 is 5.91 Å². The molecule has 2 heterocycles. The topological polar surface area (TPSA) is 63.5 Å². The highest BCUT2D eigenvalue weighted by atomic mass is 35.5. The van der Waals surface area contributed by atoms with Crippen molar-refractivity contribution >= 4 is 39.5 Å². The second-order valence-electron chi connectivity index (χ2n) is 4.43. The summed E-state index contributed by atoms with van der Waals surface area (Å²) >= 11 is 7.18. The molecule has 0 unspecified atom stereocenters. The molecular formula is C14H10ClN3O2S. The van der Waals surface area contributed by atoms with E-state index in [-0.39, 0.29) is 11.1 Å². The first kappa shape index (κ1) is 13.8. The number of carbonyl (C=O) groups is 1. The van der Waals surface area contributed by atoms with Crippen LogP contribution in [0.3, 0.4) is 0 Å². The Balaban J connectivity index is 1.96. The van der Waals surface area contributed by atoms with Gasteiger partial charge >= 0.3 is 0 Å². The smallest absolute Gasteiger partial charge is 0.271 e. The van der Waals surface area contributed by atoms with Crippen LogP contribution in [0.15, 0.2) is 41.5 Å². The molecule has 0 atom stereocenters. The Bertz CT molecular complexity index is 883. The third-order valence-corrected chi connectivity index (χ3v) is 4.03. The lowest BCUT2D eigenvalue weighted by Crippen LogP contribution is -2.25. The van der Waals surface area contributed by atoms with Gasteiger partial charge in [-0.3, -0.25) is 14.0 Å². The lowest BCUT2D eigenvalue weighted by atomic mass is 10.2. The summed E-state index contributed by atoms with van der Waals surface area (Å²) in [4.78, 5) is 30.1. The summed E-state index contributed by atoms with van der Waals surface area (Å²) in [5, 5.41) is 3.22. The highest BCUT2D eigenvalue weighted by Crippen LogP contribution is 2.15. The normalized spacial score (nSPS) is 10.8. The minimum atomic E-state index is -0.493. The Labute approximate surface area is 128 Å². The summed E-state index contributed by atoms with van der Waals surface area (Å²) in [6.07, 6.45) is 2.98. The van der Waals surface area contributed by atoms with E-state index in [1.807, 2.05) is 6.92 Å². The van der Waals surface area contributed by atoms with Crippen molar-refractivity contribution in [1.82, 2.24) is 9.38 Å². The molecular weight excluding hydrogens is 310 g/mol. The van der Waals surface area contributed by atoms with Crippen molar-refractivity contribution < 1.29 is 4.79 Å². The molecule has 5 nitrogen and oxygen atoms in total. The van der Waals surface area contributed by atoms with E-state index >= 15 is 0 Å². The number of halogens is 1. The van der Waals surface area contributed by atoms with Crippen molar-refractivity contribution in [1.29, 1.82) is 0 Å². The number of benzene rings is 1. The van der Waals surface area contributed by atoms with E-state index in [0.29, 0.717) is 15.7 Å². The van der Waals surface area contributed by atoms with Gasteiger partial charge in [-0.2, -0.15) is 0 Å². The molecule has 0 saturated heterocycles. The number of carbonyl (C=O) groups excluding carboxylic acids is 1. The second kappa shape index (κ2) is 5.31. The zero-order chi connectivity index (χ0) is 15.0. The largest absolute Gasteiger partial charge is 0.322 e. The zero-order valence-corrected chi connectivity index (χ0v) is 12.5. The van der Waals surface area contributed by atoms with E-state index in [0.717, 1.165) is 4.88 Å². The van der Waals surface area contributed by atoms with Crippen molar-refractivity contribution in [3.63, 3.8) is 0 Å². The van der Waals surface area contributed by atoms with Crippen LogP contribution in [0.4, 0.5) is 5.69 Å². The Morgan fingerprint density at radius 3 is 2.76 bits per heavy atom. The molecule has 3 rings (SSSR count). The fourth-order valence-corrected chi connectivity index (χ4v) is 2.79. The molecule has 0 aliphatic heterocycles. The highest BCUT2D eigenvalue weighted by molar-refractivity contribution is 7.16. The van der Waals surface area contributed by atoms with Gasteiger partial charge in [0, 0.05) is 28.0 Å². The maximum atomic E-state index is 12.3. The molecule has 1 amide bonds. The standard InChI is InChI=1S/C14H10ClN3O2S/c1-8-7-18-13(20)11(6-16-14(18)21-8)12(19)17-10-4-2-9(15)3-5-10/h2-7H,1H3,(H,17,19). The molecule has 0 radical (unpaired) electrons. The molecule has 2 aromatic heterocycles. The lowest BCUT2D eigenvalue weighted by Gasteiger charge is -2.04. The fraction of sp³-hybridized carbons (Fsp3) is 0.0714. The van der Waals surface area contributed by atoms with Crippen LogP contribution in [-0.2, 0) is 0 Å². The molecule has 0 aliphatic rings. The van der Waals surface area contributed by atoms with E-state index in [1.54, 1.807) is 30.5 Å². The molecule has 0 fully saturated rings. The Kier molecular flexibility index (Phi) is 3.48. The Hall–Kier alpha value is -2.18. The van der Waals surface area contributed by atoms with Crippen molar-refractivity contribution in [2.24, 2.45) is 0 Å². The minimum absolute atomic E-state index is 0.000231. The van der Waals surface area contributed by atoms with Crippen molar-refractivity contribution in [2.45, 2.75) is 6.92 Å². The molecule has 0 saturated carbocycles. The van der Waals surface area contributed by atoms with Crippen LogP contribution in [-0.4, -0.2) is 15.3 Å². The number of nitrogens with zero attached hydrogens (tertiary/aromatic N) is 2. The van der Waals surface area contributed by atoms with Crippen LogP contribution in [0.1, 0.15) is 15.2 Å². The predicted octanol–water partition coefficient (Wildman–Crippen LogP) is 2.97. The molecule has 3 aromatic rings. The van der Waals surface area contributed by atoms with Gasteiger partial charge in [0.25, 0.3) is 11.5 Å². The van der Waals surface area contributed by atoms with Crippen molar-refractivity contribution in [2.75, 3.05) is 5.32 Å². The van der Waals surface area contributed by atoms with E-state index in [4.69, 9.17) is 11.6 Å². The number of rotatable bonds is 2. The van der Waals surface area contributed by atoms with Crippen LogP contribution in [0.5, 0.6) is 0 Å². The van der Waals surface area contributed by atoms with Gasteiger partial charge in [-0.25, -0.2) is 4.98 Å². The molecule has 7 heteroatoms. The first-order valence-corrected chi connectivity index (χ1v) is 7.29. The van der Waals surface area contributed by atoms with Gasteiger partial charge in [0.1, 0.15) is 5.56 Å². The number of hydrogen-bond donors (Lipinski definition) is 1. The molecule has 21 heavy (non-hydrogen) atoms. The summed E-state index contributed by atoms with van der Waals surface area (Å²) in [7, 11) is 0. The quantitative estimate of drug-likeness (QED) is 0.790. The van der Waals surface area contributed by atoms with Gasteiger partial charge in [0.15, 0.2) is 4.96 Å².